The second-order valence-electron chi connectivity index (χ2n) is 11.1. The van der Waals surface area contributed by atoms with E-state index in [-0.39, 0.29) is 0 Å². The fraction of sp³-hybridized carbons (Fsp3) is 1.00. The van der Waals surface area contributed by atoms with E-state index in [1.54, 1.807) is 0 Å². The first-order valence-corrected chi connectivity index (χ1v) is 17.2. The zero-order valence-corrected chi connectivity index (χ0v) is 25.5. The maximum absolute atomic E-state index is 4.86. The fourth-order valence-electron chi connectivity index (χ4n) is 5.16. The lowest BCUT2D eigenvalue weighted by atomic mass is 10.0. The van der Waals surface area contributed by atoms with Crippen LogP contribution in [0.25, 0.3) is 0 Å². The molecule has 0 radical (unpaired) electrons. The van der Waals surface area contributed by atoms with Crippen molar-refractivity contribution in [2.45, 2.75) is 198 Å². The molecule has 0 bridgehead atoms. The van der Waals surface area contributed by atoms with Gasteiger partial charge in [-0.15, -0.1) is 0 Å². The molecule has 0 saturated heterocycles. The third-order valence-electron chi connectivity index (χ3n) is 7.59. The van der Waals surface area contributed by atoms with Crippen LogP contribution in [0.5, 0.6) is 0 Å². The van der Waals surface area contributed by atoms with Gasteiger partial charge in [0.15, 0.2) is 0 Å². The van der Waals surface area contributed by atoms with Crippen LogP contribution < -0.4 is 0 Å². The van der Waals surface area contributed by atoms with Gasteiger partial charge in [-0.05, 0) is 25.0 Å². The van der Waals surface area contributed by atoms with E-state index in [1.165, 1.54) is 186 Å². The lowest BCUT2D eigenvalue weighted by molar-refractivity contribution is 0.518. The van der Waals surface area contributed by atoms with E-state index >= 15 is 0 Å². The van der Waals surface area contributed by atoms with Crippen molar-refractivity contribution >= 4 is 25.3 Å². The van der Waals surface area contributed by atoms with E-state index in [1.807, 2.05) is 0 Å². The number of hydrogen-bond acceptors (Lipinski definition) is 2. The van der Waals surface area contributed by atoms with Crippen molar-refractivity contribution in [3.63, 3.8) is 0 Å². The van der Waals surface area contributed by atoms with Crippen LogP contribution >= 0.6 is 25.3 Å². The van der Waals surface area contributed by atoms with Crippen LogP contribution in [-0.4, -0.2) is 11.0 Å². The Morgan fingerprint density at radius 1 is 0.353 bits per heavy atom. The maximum Gasteiger partial charge on any atom is 0.00168 e. The average molecular weight is 515 g/mol. The zero-order valence-electron chi connectivity index (χ0n) is 23.7. The molecule has 34 heavy (non-hydrogen) atoms. The molecule has 2 heteroatoms. The van der Waals surface area contributed by atoms with Crippen molar-refractivity contribution < 1.29 is 0 Å². The molecule has 0 amide bonds. The minimum atomic E-state index is 0.657. The van der Waals surface area contributed by atoms with Crippen LogP contribution in [0.4, 0.5) is 0 Å². The summed E-state index contributed by atoms with van der Waals surface area (Å²) >= 11 is 9.14. The quantitative estimate of drug-likeness (QED) is 0.0690. The Kier molecular flexibility index (Phi) is 32.4. The molecule has 0 heterocycles. The molecular weight excluding hydrogens is 448 g/mol. The summed E-state index contributed by atoms with van der Waals surface area (Å²) in [6.45, 7) is 2.30. The van der Waals surface area contributed by atoms with Gasteiger partial charge in [0.05, 0.1) is 0 Å². The van der Waals surface area contributed by atoms with Crippen molar-refractivity contribution in [2.75, 3.05) is 5.75 Å². The molecule has 0 rings (SSSR count). The summed E-state index contributed by atoms with van der Waals surface area (Å²) in [6, 6.07) is 0. The van der Waals surface area contributed by atoms with Crippen molar-refractivity contribution in [1.82, 2.24) is 0 Å². The molecule has 0 fully saturated rings. The highest BCUT2D eigenvalue weighted by atomic mass is 32.1. The van der Waals surface area contributed by atoms with Crippen molar-refractivity contribution in [1.29, 1.82) is 0 Å². The van der Waals surface area contributed by atoms with Crippen LogP contribution in [-0.2, 0) is 0 Å². The Bertz CT molecular complexity index is 344. The first-order chi connectivity index (χ1) is 16.8. The molecule has 0 spiro atoms. The smallest absolute Gasteiger partial charge is 0.00168 e. The molecule has 0 aliphatic heterocycles. The number of thiol groups is 2. The molecule has 0 aliphatic rings. The Morgan fingerprint density at radius 2 is 0.588 bits per heavy atom. The molecule has 0 aromatic heterocycles. The highest BCUT2D eigenvalue weighted by molar-refractivity contribution is 7.81. The van der Waals surface area contributed by atoms with E-state index in [0.717, 1.165) is 5.75 Å². The third-order valence-corrected chi connectivity index (χ3v) is 8.42. The molecule has 0 aromatic rings. The molecule has 0 N–H and O–H groups in total. The summed E-state index contributed by atoms with van der Waals surface area (Å²) in [5.41, 5.74) is 0. The minimum Gasteiger partial charge on any atom is -0.179 e. The third kappa shape index (κ3) is 30.7. The molecule has 0 nitrogen and oxygen atoms in total. The van der Waals surface area contributed by atoms with E-state index in [0.29, 0.717) is 5.25 Å². The predicted octanol–water partition coefficient (Wildman–Crippen LogP) is 12.5. The molecular formula is C32H66S2. The van der Waals surface area contributed by atoms with Crippen LogP contribution in [0, 0.1) is 0 Å². The molecule has 1 unspecified atom stereocenters. The topological polar surface area (TPSA) is 0 Å². The van der Waals surface area contributed by atoms with Gasteiger partial charge >= 0.3 is 0 Å². The van der Waals surface area contributed by atoms with Gasteiger partial charge in [-0.1, -0.05) is 174 Å². The van der Waals surface area contributed by atoms with Crippen molar-refractivity contribution in [2.24, 2.45) is 0 Å². The number of hydrogen-bond donors (Lipinski definition) is 2. The second kappa shape index (κ2) is 31.7. The van der Waals surface area contributed by atoms with E-state index in [2.05, 4.69) is 19.6 Å². The summed E-state index contributed by atoms with van der Waals surface area (Å²) in [5.74, 6) is 1.06. The summed E-state index contributed by atoms with van der Waals surface area (Å²) in [6.07, 6.45) is 41.6. The lowest BCUT2D eigenvalue weighted by Crippen LogP contribution is -1.98. The first-order valence-electron chi connectivity index (χ1n) is 16.1. The van der Waals surface area contributed by atoms with Crippen LogP contribution in [0.1, 0.15) is 193 Å². The normalized spacial score (nSPS) is 12.4. The van der Waals surface area contributed by atoms with Gasteiger partial charge in [0, 0.05) is 5.25 Å². The van der Waals surface area contributed by atoms with Crippen molar-refractivity contribution in [3.05, 3.63) is 0 Å². The highest BCUT2D eigenvalue weighted by Gasteiger charge is 2.03. The predicted molar refractivity (Wildman–Crippen MR) is 166 cm³/mol. The molecule has 206 valence electrons. The standard InChI is InChI=1S/C32H66S2/c1-2-3-4-5-6-7-8-9-10-11-14-17-20-23-26-29-32(34)30-27-24-21-18-15-12-13-16-19-22-25-28-31-33/h32-34H,2-31H2,1H3. The first kappa shape index (κ1) is 34.7. The van der Waals surface area contributed by atoms with Gasteiger partial charge < -0.3 is 0 Å². The number of rotatable bonds is 30. The minimum absolute atomic E-state index is 0.657. The van der Waals surface area contributed by atoms with Gasteiger partial charge in [0.1, 0.15) is 0 Å². The summed E-state index contributed by atoms with van der Waals surface area (Å²) < 4.78 is 0. The highest BCUT2D eigenvalue weighted by Crippen LogP contribution is 2.19. The Morgan fingerprint density at radius 3 is 0.853 bits per heavy atom. The van der Waals surface area contributed by atoms with Gasteiger partial charge in [0.25, 0.3) is 0 Å². The Hall–Kier alpha value is 0.700. The van der Waals surface area contributed by atoms with Gasteiger partial charge in [-0.25, -0.2) is 0 Å². The summed E-state index contributed by atoms with van der Waals surface area (Å²) in [5, 5.41) is 0.657. The van der Waals surface area contributed by atoms with E-state index in [4.69, 9.17) is 12.6 Å². The number of unbranched alkanes of at least 4 members (excludes halogenated alkanes) is 25. The Labute approximate surface area is 228 Å². The molecule has 0 saturated carbocycles. The lowest BCUT2D eigenvalue weighted by Gasteiger charge is -2.10. The molecule has 0 aromatic carbocycles. The van der Waals surface area contributed by atoms with E-state index in [9.17, 15) is 0 Å². The summed E-state index contributed by atoms with van der Waals surface area (Å²) in [4.78, 5) is 0. The zero-order chi connectivity index (χ0) is 24.8. The van der Waals surface area contributed by atoms with Gasteiger partial charge in [-0.3, -0.25) is 0 Å². The SMILES string of the molecule is CCCCCCCCCCCCCCCCCC(S)CCCCCCCCCCCCCCS. The fourth-order valence-corrected chi connectivity index (χ4v) is 5.74. The molecule has 0 aliphatic carbocycles. The largest absolute Gasteiger partial charge is 0.179 e. The second-order valence-corrected chi connectivity index (χ2v) is 12.3. The van der Waals surface area contributed by atoms with Gasteiger partial charge in [0.2, 0.25) is 0 Å². The van der Waals surface area contributed by atoms with E-state index < -0.39 is 0 Å². The van der Waals surface area contributed by atoms with Crippen LogP contribution in [0.2, 0.25) is 0 Å². The van der Waals surface area contributed by atoms with Gasteiger partial charge in [-0.2, -0.15) is 25.3 Å². The van der Waals surface area contributed by atoms with Crippen LogP contribution in [0.3, 0.4) is 0 Å². The monoisotopic (exact) mass is 514 g/mol. The Balaban J connectivity index is 3.13. The van der Waals surface area contributed by atoms with Crippen molar-refractivity contribution in [3.8, 4) is 0 Å². The average Bonchev–Trinajstić information content (AvgIpc) is 2.84. The van der Waals surface area contributed by atoms with Crippen LogP contribution in [0.15, 0.2) is 0 Å². The maximum atomic E-state index is 4.86. The molecule has 1 atom stereocenters. The summed E-state index contributed by atoms with van der Waals surface area (Å²) in [7, 11) is 0.